The van der Waals surface area contributed by atoms with E-state index in [2.05, 4.69) is 10.2 Å². The molecule has 2 N–H and O–H groups in total. The minimum absolute atomic E-state index is 0.350. The lowest BCUT2D eigenvalue weighted by atomic mass is 9.82. The number of unbranched alkanes of at least 4 members (excludes halogenated alkanes) is 1. The molecule has 0 aromatic heterocycles. The van der Waals surface area contributed by atoms with Gasteiger partial charge in [0.05, 0.1) is 6.61 Å². The zero-order chi connectivity index (χ0) is 14.5. The Morgan fingerprint density at radius 2 is 1.86 bits per heavy atom. The molecule has 0 amide bonds. The summed E-state index contributed by atoms with van der Waals surface area (Å²) < 4.78 is 0. The topological polar surface area (TPSA) is 35.5 Å². The molecule has 0 aromatic rings. The average Bonchev–Trinajstić information content (AvgIpc) is 3.27. The SMILES string of the molecule is OCC1CCCN1CCCCNC1CCCC(C2CC2)C1. The van der Waals surface area contributed by atoms with Gasteiger partial charge in [-0.2, -0.15) is 0 Å². The predicted molar refractivity (Wildman–Crippen MR) is 87.4 cm³/mol. The van der Waals surface area contributed by atoms with Crippen LogP contribution in [-0.4, -0.2) is 48.3 Å². The van der Waals surface area contributed by atoms with Gasteiger partial charge in [-0.1, -0.05) is 12.8 Å². The summed E-state index contributed by atoms with van der Waals surface area (Å²) >= 11 is 0. The van der Waals surface area contributed by atoms with Crippen molar-refractivity contribution in [2.24, 2.45) is 11.8 Å². The Morgan fingerprint density at radius 1 is 0.952 bits per heavy atom. The molecule has 122 valence electrons. The molecule has 2 aliphatic carbocycles. The Balaban J connectivity index is 1.24. The highest BCUT2D eigenvalue weighted by molar-refractivity contribution is 4.87. The molecule has 1 heterocycles. The number of aliphatic hydroxyl groups is 1. The van der Waals surface area contributed by atoms with Gasteiger partial charge < -0.3 is 10.4 Å². The van der Waals surface area contributed by atoms with Crippen LogP contribution in [0.25, 0.3) is 0 Å². The predicted octanol–water partition coefficient (Wildman–Crippen LogP) is 2.78. The van der Waals surface area contributed by atoms with Gasteiger partial charge in [-0.05, 0) is 82.8 Å². The van der Waals surface area contributed by atoms with Gasteiger partial charge in [0.2, 0.25) is 0 Å². The van der Waals surface area contributed by atoms with Crippen LogP contribution >= 0.6 is 0 Å². The number of nitrogens with one attached hydrogen (secondary N) is 1. The van der Waals surface area contributed by atoms with Crippen molar-refractivity contribution in [1.29, 1.82) is 0 Å². The molecule has 3 heteroatoms. The number of aliphatic hydroxyl groups excluding tert-OH is 1. The minimum Gasteiger partial charge on any atom is -0.395 e. The third-order valence-electron chi connectivity index (χ3n) is 6.02. The number of likely N-dealkylation sites (tertiary alicyclic amines) is 1. The lowest BCUT2D eigenvalue weighted by Crippen LogP contribution is -2.36. The largest absolute Gasteiger partial charge is 0.395 e. The maximum atomic E-state index is 9.33. The van der Waals surface area contributed by atoms with Gasteiger partial charge in [-0.25, -0.2) is 0 Å². The summed E-state index contributed by atoms with van der Waals surface area (Å²) in [6.07, 6.45) is 13.9. The second kappa shape index (κ2) is 7.94. The summed E-state index contributed by atoms with van der Waals surface area (Å²) in [6, 6.07) is 1.26. The maximum Gasteiger partial charge on any atom is 0.0586 e. The van der Waals surface area contributed by atoms with Crippen molar-refractivity contribution in [1.82, 2.24) is 10.2 Å². The fraction of sp³-hybridized carbons (Fsp3) is 1.00. The van der Waals surface area contributed by atoms with E-state index in [4.69, 9.17) is 0 Å². The summed E-state index contributed by atoms with van der Waals surface area (Å²) in [5.41, 5.74) is 0. The van der Waals surface area contributed by atoms with Gasteiger partial charge in [0, 0.05) is 12.1 Å². The third-order valence-corrected chi connectivity index (χ3v) is 6.02. The van der Waals surface area contributed by atoms with Gasteiger partial charge in [0.1, 0.15) is 0 Å². The number of hydrogen-bond donors (Lipinski definition) is 2. The molecular weight excluding hydrogens is 260 g/mol. The van der Waals surface area contributed by atoms with Crippen molar-refractivity contribution in [2.45, 2.75) is 76.3 Å². The highest BCUT2D eigenvalue weighted by Crippen LogP contribution is 2.43. The summed E-state index contributed by atoms with van der Waals surface area (Å²) in [7, 11) is 0. The van der Waals surface area contributed by atoms with Crippen LogP contribution in [0.15, 0.2) is 0 Å². The monoisotopic (exact) mass is 294 g/mol. The van der Waals surface area contributed by atoms with E-state index in [1.165, 1.54) is 83.8 Å². The molecule has 0 bridgehead atoms. The van der Waals surface area contributed by atoms with Crippen LogP contribution in [0.1, 0.15) is 64.2 Å². The van der Waals surface area contributed by atoms with Gasteiger partial charge in [0.25, 0.3) is 0 Å². The molecule has 3 rings (SSSR count). The molecule has 1 aliphatic heterocycles. The molecule has 1 saturated heterocycles. The Morgan fingerprint density at radius 3 is 2.67 bits per heavy atom. The molecular formula is C18H34N2O. The van der Waals surface area contributed by atoms with Crippen LogP contribution in [0.3, 0.4) is 0 Å². The molecule has 2 saturated carbocycles. The van der Waals surface area contributed by atoms with Crippen molar-refractivity contribution in [3.8, 4) is 0 Å². The zero-order valence-electron chi connectivity index (χ0n) is 13.6. The van der Waals surface area contributed by atoms with Crippen LogP contribution in [0.4, 0.5) is 0 Å². The fourth-order valence-electron chi connectivity index (χ4n) is 4.55. The molecule has 0 radical (unpaired) electrons. The van der Waals surface area contributed by atoms with Crippen molar-refractivity contribution in [2.75, 3.05) is 26.2 Å². The van der Waals surface area contributed by atoms with Crippen LogP contribution in [-0.2, 0) is 0 Å². The first-order valence-electron chi connectivity index (χ1n) is 9.45. The number of hydrogen-bond acceptors (Lipinski definition) is 3. The third kappa shape index (κ3) is 4.67. The van der Waals surface area contributed by atoms with Crippen LogP contribution < -0.4 is 5.32 Å². The van der Waals surface area contributed by atoms with Crippen LogP contribution in [0.5, 0.6) is 0 Å². The molecule has 3 unspecified atom stereocenters. The Kier molecular flexibility index (Phi) is 5.96. The minimum atomic E-state index is 0.350. The Hall–Kier alpha value is -0.120. The van der Waals surface area contributed by atoms with Crippen molar-refractivity contribution < 1.29 is 5.11 Å². The molecule has 0 spiro atoms. The van der Waals surface area contributed by atoms with Crippen molar-refractivity contribution in [3.63, 3.8) is 0 Å². The van der Waals surface area contributed by atoms with Gasteiger partial charge >= 0.3 is 0 Å². The summed E-state index contributed by atoms with van der Waals surface area (Å²) in [5, 5.41) is 13.1. The maximum absolute atomic E-state index is 9.33. The first-order chi connectivity index (χ1) is 10.4. The summed E-state index contributed by atoms with van der Waals surface area (Å²) in [5.74, 6) is 2.14. The second-order valence-corrected chi connectivity index (χ2v) is 7.64. The van der Waals surface area contributed by atoms with Gasteiger partial charge in [-0.3, -0.25) is 4.90 Å². The number of nitrogens with zero attached hydrogens (tertiary/aromatic N) is 1. The normalized spacial score (nSPS) is 34.4. The van der Waals surface area contributed by atoms with Crippen molar-refractivity contribution >= 4 is 0 Å². The lowest BCUT2D eigenvalue weighted by molar-refractivity contribution is 0.157. The summed E-state index contributed by atoms with van der Waals surface area (Å²) in [4.78, 5) is 2.49. The fourth-order valence-corrected chi connectivity index (χ4v) is 4.55. The van der Waals surface area contributed by atoms with Crippen LogP contribution in [0, 0.1) is 11.8 Å². The highest BCUT2D eigenvalue weighted by atomic mass is 16.3. The quantitative estimate of drug-likeness (QED) is 0.676. The average molecular weight is 294 g/mol. The van der Waals surface area contributed by atoms with Crippen molar-refractivity contribution in [3.05, 3.63) is 0 Å². The van der Waals surface area contributed by atoms with E-state index in [1.54, 1.807) is 0 Å². The van der Waals surface area contributed by atoms with E-state index < -0.39 is 0 Å². The van der Waals surface area contributed by atoms with E-state index in [9.17, 15) is 5.11 Å². The molecule has 3 fully saturated rings. The van der Waals surface area contributed by atoms with Gasteiger partial charge in [0.15, 0.2) is 0 Å². The number of rotatable bonds is 8. The van der Waals surface area contributed by atoms with E-state index in [0.717, 1.165) is 17.9 Å². The second-order valence-electron chi connectivity index (χ2n) is 7.64. The standard InChI is InChI=1S/C18H34N2O/c21-14-18-7-4-12-20(18)11-2-1-10-19-17-6-3-5-16(13-17)15-8-9-15/h15-19,21H,1-14H2. The highest BCUT2D eigenvalue weighted by Gasteiger charge is 2.34. The smallest absolute Gasteiger partial charge is 0.0586 e. The summed E-state index contributed by atoms with van der Waals surface area (Å²) in [6.45, 7) is 3.93. The Bertz CT molecular complexity index is 306. The van der Waals surface area contributed by atoms with Gasteiger partial charge in [-0.15, -0.1) is 0 Å². The van der Waals surface area contributed by atoms with E-state index >= 15 is 0 Å². The lowest BCUT2D eigenvalue weighted by Gasteiger charge is -2.30. The van der Waals surface area contributed by atoms with E-state index in [1.807, 2.05) is 0 Å². The molecule has 3 atom stereocenters. The molecule has 3 aliphatic rings. The Labute approximate surface area is 130 Å². The zero-order valence-corrected chi connectivity index (χ0v) is 13.6. The first-order valence-corrected chi connectivity index (χ1v) is 9.45. The molecule has 21 heavy (non-hydrogen) atoms. The molecule has 0 aromatic carbocycles. The van der Waals surface area contributed by atoms with Crippen LogP contribution in [0.2, 0.25) is 0 Å². The van der Waals surface area contributed by atoms with E-state index in [-0.39, 0.29) is 0 Å². The molecule has 3 nitrogen and oxygen atoms in total. The first kappa shape index (κ1) is 15.8. The van der Waals surface area contributed by atoms with E-state index in [0.29, 0.717) is 12.6 Å².